The molecule has 5 heteroatoms. The fourth-order valence-electron chi connectivity index (χ4n) is 2.00. The van der Waals surface area contributed by atoms with Crippen LogP contribution in [-0.2, 0) is 5.41 Å². The average molecular weight is 249 g/mol. The fourth-order valence-corrected chi connectivity index (χ4v) is 2.53. The van der Waals surface area contributed by atoms with Crippen LogP contribution in [0.1, 0.15) is 24.8 Å². The SMILES string of the molecule is NCC1(c2cc(F)c(Cl)nc2Cl)CCC1. The molecule has 1 aromatic rings. The van der Waals surface area contributed by atoms with Crippen molar-refractivity contribution in [2.75, 3.05) is 6.54 Å². The molecular weight excluding hydrogens is 238 g/mol. The number of aromatic nitrogens is 1. The van der Waals surface area contributed by atoms with Crippen LogP contribution >= 0.6 is 23.2 Å². The predicted octanol–water partition coefficient (Wildman–Crippen LogP) is 2.91. The van der Waals surface area contributed by atoms with Gasteiger partial charge in [0.25, 0.3) is 0 Å². The number of hydrogen-bond acceptors (Lipinski definition) is 2. The molecule has 0 spiro atoms. The van der Waals surface area contributed by atoms with Crippen molar-refractivity contribution in [3.05, 3.63) is 27.8 Å². The van der Waals surface area contributed by atoms with E-state index in [1.54, 1.807) is 0 Å². The molecule has 2 rings (SSSR count). The van der Waals surface area contributed by atoms with E-state index in [1.165, 1.54) is 6.07 Å². The lowest BCUT2D eigenvalue weighted by Crippen LogP contribution is -2.42. The van der Waals surface area contributed by atoms with Crippen molar-refractivity contribution in [2.45, 2.75) is 24.7 Å². The Hall–Kier alpha value is -0.380. The maximum Gasteiger partial charge on any atom is 0.166 e. The summed E-state index contributed by atoms with van der Waals surface area (Å²) in [7, 11) is 0. The standard InChI is InChI=1S/C10H11Cl2FN2/c11-8-6(4-7(13)9(12)15-8)10(5-14)2-1-3-10/h4H,1-3,5,14H2. The summed E-state index contributed by atoms with van der Waals surface area (Å²) in [6.45, 7) is 0.468. The Morgan fingerprint density at radius 1 is 1.40 bits per heavy atom. The van der Waals surface area contributed by atoms with Gasteiger partial charge < -0.3 is 5.73 Å². The molecule has 1 saturated carbocycles. The van der Waals surface area contributed by atoms with Crippen molar-refractivity contribution in [3.63, 3.8) is 0 Å². The van der Waals surface area contributed by atoms with E-state index in [0.29, 0.717) is 12.1 Å². The van der Waals surface area contributed by atoms with Gasteiger partial charge in [-0.3, -0.25) is 0 Å². The summed E-state index contributed by atoms with van der Waals surface area (Å²) in [5, 5.41) is 0.0850. The van der Waals surface area contributed by atoms with E-state index in [4.69, 9.17) is 28.9 Å². The summed E-state index contributed by atoms with van der Waals surface area (Å²) in [6, 6.07) is 1.36. The van der Waals surface area contributed by atoms with E-state index in [-0.39, 0.29) is 15.7 Å². The first-order valence-corrected chi connectivity index (χ1v) is 5.57. The Morgan fingerprint density at radius 2 is 2.07 bits per heavy atom. The van der Waals surface area contributed by atoms with Crippen LogP contribution in [-0.4, -0.2) is 11.5 Å². The zero-order chi connectivity index (χ0) is 11.1. The summed E-state index contributed by atoms with van der Waals surface area (Å²) < 4.78 is 13.3. The van der Waals surface area contributed by atoms with Gasteiger partial charge in [-0.05, 0) is 24.5 Å². The van der Waals surface area contributed by atoms with Crippen molar-refractivity contribution in [2.24, 2.45) is 5.73 Å². The van der Waals surface area contributed by atoms with Gasteiger partial charge in [-0.2, -0.15) is 0 Å². The number of nitrogens with zero attached hydrogens (tertiary/aromatic N) is 1. The molecule has 1 aliphatic carbocycles. The average Bonchev–Trinajstić information content (AvgIpc) is 2.12. The molecule has 0 saturated heterocycles. The van der Waals surface area contributed by atoms with E-state index in [0.717, 1.165) is 19.3 Å². The van der Waals surface area contributed by atoms with E-state index in [9.17, 15) is 4.39 Å². The minimum absolute atomic E-state index is 0.185. The molecule has 0 atom stereocenters. The molecular formula is C10H11Cl2FN2. The van der Waals surface area contributed by atoms with Crippen molar-refractivity contribution >= 4 is 23.2 Å². The predicted molar refractivity (Wildman–Crippen MR) is 58.8 cm³/mol. The van der Waals surface area contributed by atoms with Crippen molar-refractivity contribution in [3.8, 4) is 0 Å². The Morgan fingerprint density at radius 3 is 2.53 bits per heavy atom. The Labute approximate surface area is 97.6 Å². The third-order valence-corrected chi connectivity index (χ3v) is 3.71. The zero-order valence-electron chi connectivity index (χ0n) is 8.06. The minimum Gasteiger partial charge on any atom is -0.330 e. The topological polar surface area (TPSA) is 38.9 Å². The Kier molecular flexibility index (Phi) is 2.88. The van der Waals surface area contributed by atoms with Crippen molar-refractivity contribution in [1.29, 1.82) is 0 Å². The van der Waals surface area contributed by atoms with E-state index >= 15 is 0 Å². The molecule has 1 aromatic heterocycles. The quantitative estimate of drug-likeness (QED) is 0.818. The number of hydrogen-bond donors (Lipinski definition) is 1. The number of pyridine rings is 1. The highest BCUT2D eigenvalue weighted by Gasteiger charge is 2.39. The van der Waals surface area contributed by atoms with Gasteiger partial charge in [-0.25, -0.2) is 9.37 Å². The monoisotopic (exact) mass is 248 g/mol. The molecule has 0 aliphatic heterocycles. The molecule has 1 fully saturated rings. The van der Waals surface area contributed by atoms with Crippen molar-refractivity contribution in [1.82, 2.24) is 4.98 Å². The van der Waals surface area contributed by atoms with Crippen LogP contribution in [0.4, 0.5) is 4.39 Å². The molecule has 0 aromatic carbocycles. The Balaban J connectivity index is 2.47. The molecule has 0 radical (unpaired) electrons. The number of halogens is 3. The van der Waals surface area contributed by atoms with Crippen LogP contribution in [0.25, 0.3) is 0 Å². The third kappa shape index (κ3) is 1.73. The lowest BCUT2D eigenvalue weighted by Gasteiger charge is -2.41. The lowest BCUT2D eigenvalue weighted by atomic mass is 9.65. The van der Waals surface area contributed by atoms with Gasteiger partial charge in [0.15, 0.2) is 11.0 Å². The van der Waals surface area contributed by atoms with Crippen LogP contribution in [0.5, 0.6) is 0 Å². The second kappa shape index (κ2) is 3.89. The van der Waals surface area contributed by atoms with Gasteiger partial charge in [0.2, 0.25) is 0 Å². The van der Waals surface area contributed by atoms with E-state index in [1.807, 2.05) is 0 Å². The summed E-state index contributed by atoms with van der Waals surface area (Å²) >= 11 is 11.5. The highest BCUT2D eigenvalue weighted by atomic mass is 35.5. The normalized spacial score (nSPS) is 18.7. The second-order valence-electron chi connectivity index (χ2n) is 3.94. The molecule has 1 heterocycles. The highest BCUT2D eigenvalue weighted by molar-refractivity contribution is 6.33. The van der Waals surface area contributed by atoms with Gasteiger partial charge >= 0.3 is 0 Å². The largest absolute Gasteiger partial charge is 0.330 e. The molecule has 0 bridgehead atoms. The van der Waals surface area contributed by atoms with Gasteiger partial charge in [-0.1, -0.05) is 29.6 Å². The van der Waals surface area contributed by atoms with Gasteiger partial charge in [0.1, 0.15) is 5.15 Å². The molecule has 0 unspecified atom stereocenters. The molecule has 15 heavy (non-hydrogen) atoms. The maximum atomic E-state index is 13.3. The smallest absolute Gasteiger partial charge is 0.166 e. The van der Waals surface area contributed by atoms with Crippen molar-refractivity contribution < 1.29 is 4.39 Å². The molecule has 82 valence electrons. The third-order valence-electron chi connectivity index (χ3n) is 3.16. The van der Waals surface area contributed by atoms with Gasteiger partial charge in [0, 0.05) is 12.0 Å². The fraction of sp³-hybridized carbons (Fsp3) is 0.500. The van der Waals surface area contributed by atoms with Crippen LogP contribution in [0.2, 0.25) is 10.3 Å². The van der Waals surface area contributed by atoms with Crippen LogP contribution in [0.3, 0.4) is 0 Å². The first-order chi connectivity index (χ1) is 7.09. The Bertz CT molecular complexity index is 386. The van der Waals surface area contributed by atoms with Crippen LogP contribution in [0.15, 0.2) is 6.07 Å². The summed E-state index contributed by atoms with van der Waals surface area (Å²) in [6.07, 6.45) is 2.97. The minimum atomic E-state index is -0.532. The number of nitrogens with two attached hydrogens (primary N) is 1. The highest BCUT2D eigenvalue weighted by Crippen LogP contribution is 2.45. The molecule has 2 nitrogen and oxygen atoms in total. The first kappa shape index (κ1) is 11.1. The van der Waals surface area contributed by atoms with Gasteiger partial charge in [-0.15, -0.1) is 0 Å². The molecule has 2 N–H and O–H groups in total. The van der Waals surface area contributed by atoms with E-state index in [2.05, 4.69) is 4.98 Å². The van der Waals surface area contributed by atoms with Gasteiger partial charge in [0.05, 0.1) is 0 Å². The maximum absolute atomic E-state index is 13.3. The van der Waals surface area contributed by atoms with Crippen LogP contribution < -0.4 is 5.73 Å². The molecule has 1 aliphatic rings. The summed E-state index contributed by atoms with van der Waals surface area (Å²) in [4.78, 5) is 3.77. The zero-order valence-corrected chi connectivity index (χ0v) is 9.58. The molecule has 0 amide bonds. The summed E-state index contributed by atoms with van der Waals surface area (Å²) in [5.41, 5.74) is 6.23. The second-order valence-corrected chi connectivity index (χ2v) is 4.65. The summed E-state index contributed by atoms with van der Waals surface area (Å²) in [5.74, 6) is -0.532. The van der Waals surface area contributed by atoms with E-state index < -0.39 is 5.82 Å². The lowest BCUT2D eigenvalue weighted by molar-refractivity contribution is 0.251. The first-order valence-electron chi connectivity index (χ1n) is 4.81. The van der Waals surface area contributed by atoms with Crippen LogP contribution in [0, 0.1) is 5.82 Å². The number of rotatable bonds is 2.